The van der Waals surface area contributed by atoms with Crippen LogP contribution in [0.25, 0.3) is 0 Å². The molecular weight excluding hydrogens is 258 g/mol. The summed E-state index contributed by atoms with van der Waals surface area (Å²) < 4.78 is 24.7. The number of Topliss-reactive ketones (excluding diaryl/α,β-unsaturated/α-hetero) is 1. The number of hydrogen-bond donors (Lipinski definition) is 1. The second-order valence-corrected chi connectivity index (χ2v) is 3.61. The van der Waals surface area contributed by atoms with Crippen LogP contribution in [-0.2, 0) is 0 Å². The minimum atomic E-state index is -2.66. The average Bonchev–Trinajstić information content (AvgIpc) is 2.08. The van der Waals surface area contributed by atoms with Gasteiger partial charge in [0.1, 0.15) is 5.75 Å². The van der Waals surface area contributed by atoms with Crippen LogP contribution in [-0.4, -0.2) is 10.9 Å². The summed E-state index contributed by atoms with van der Waals surface area (Å²) in [5.74, 6) is -0.757. The quantitative estimate of drug-likeness (QED) is 0.833. The Hall–Kier alpha value is -0.970. The fraction of sp³-hybridized carbons (Fsp3) is 0.222. The Kier molecular flexibility index (Phi) is 3.21. The lowest BCUT2D eigenvalue weighted by molar-refractivity contribution is 0.101. The molecule has 5 heteroatoms. The molecule has 0 radical (unpaired) electrons. The molecular formula is C9H7BrF2O2. The zero-order valence-corrected chi connectivity index (χ0v) is 8.81. The zero-order valence-electron chi connectivity index (χ0n) is 7.22. The molecule has 0 spiro atoms. The third-order valence-corrected chi connectivity index (χ3v) is 2.32. The molecule has 0 saturated heterocycles. The van der Waals surface area contributed by atoms with Gasteiger partial charge in [0.05, 0.1) is 10.0 Å². The molecule has 0 atom stereocenters. The molecule has 1 aromatic carbocycles. The van der Waals surface area contributed by atoms with Gasteiger partial charge in [-0.1, -0.05) is 0 Å². The number of hydrogen-bond acceptors (Lipinski definition) is 2. The summed E-state index contributed by atoms with van der Waals surface area (Å²) in [6.07, 6.45) is -2.66. The SMILES string of the molecule is CC(=O)c1cc(C(F)F)cc(Br)c1O. The molecule has 0 bridgehead atoms. The first-order valence-electron chi connectivity index (χ1n) is 3.75. The summed E-state index contributed by atoms with van der Waals surface area (Å²) in [4.78, 5) is 11.0. The van der Waals surface area contributed by atoms with Crippen molar-refractivity contribution in [1.82, 2.24) is 0 Å². The van der Waals surface area contributed by atoms with E-state index in [9.17, 15) is 18.7 Å². The first-order valence-corrected chi connectivity index (χ1v) is 4.54. The van der Waals surface area contributed by atoms with Gasteiger partial charge in [0, 0.05) is 5.56 Å². The average molecular weight is 265 g/mol. The lowest BCUT2D eigenvalue weighted by atomic mass is 10.1. The minimum Gasteiger partial charge on any atom is -0.506 e. The number of phenolic OH excluding ortho intramolecular Hbond substituents is 1. The summed E-state index contributed by atoms with van der Waals surface area (Å²) in [7, 11) is 0. The first-order chi connectivity index (χ1) is 6.43. The third-order valence-electron chi connectivity index (χ3n) is 1.72. The van der Waals surface area contributed by atoms with Gasteiger partial charge in [-0.15, -0.1) is 0 Å². The van der Waals surface area contributed by atoms with Crippen molar-refractivity contribution in [1.29, 1.82) is 0 Å². The third kappa shape index (κ3) is 2.09. The molecule has 0 saturated carbocycles. The Bertz CT molecular complexity index is 377. The van der Waals surface area contributed by atoms with Gasteiger partial charge < -0.3 is 5.11 Å². The molecule has 0 aliphatic carbocycles. The maximum atomic E-state index is 12.3. The Morgan fingerprint density at radius 2 is 2.07 bits per heavy atom. The standard InChI is InChI=1S/C9H7BrF2O2/c1-4(13)6-2-5(9(11)12)3-7(10)8(6)14/h2-3,9,14H,1H3. The van der Waals surface area contributed by atoms with Gasteiger partial charge in [-0.25, -0.2) is 8.78 Å². The fourth-order valence-corrected chi connectivity index (χ4v) is 1.49. The Morgan fingerprint density at radius 3 is 2.50 bits per heavy atom. The van der Waals surface area contributed by atoms with Gasteiger partial charge >= 0.3 is 0 Å². The predicted octanol–water partition coefficient (Wildman–Crippen LogP) is 3.29. The van der Waals surface area contributed by atoms with E-state index >= 15 is 0 Å². The molecule has 0 unspecified atom stereocenters. The van der Waals surface area contributed by atoms with Gasteiger partial charge in [-0.3, -0.25) is 4.79 Å². The van der Waals surface area contributed by atoms with E-state index in [0.717, 1.165) is 12.1 Å². The van der Waals surface area contributed by atoms with Gasteiger partial charge in [0.15, 0.2) is 5.78 Å². The van der Waals surface area contributed by atoms with Gasteiger partial charge in [0.2, 0.25) is 0 Å². The second kappa shape index (κ2) is 4.04. The maximum Gasteiger partial charge on any atom is 0.263 e. The largest absolute Gasteiger partial charge is 0.506 e. The first kappa shape index (κ1) is 11.1. The van der Waals surface area contributed by atoms with Crippen LogP contribution in [0.2, 0.25) is 0 Å². The van der Waals surface area contributed by atoms with Crippen molar-refractivity contribution in [2.45, 2.75) is 13.3 Å². The van der Waals surface area contributed by atoms with Crippen molar-refractivity contribution in [2.24, 2.45) is 0 Å². The highest BCUT2D eigenvalue weighted by Crippen LogP contribution is 2.33. The Morgan fingerprint density at radius 1 is 1.50 bits per heavy atom. The molecule has 1 N–H and O–H groups in total. The summed E-state index contributed by atoms with van der Waals surface area (Å²) in [6, 6.07) is 2.08. The molecule has 0 aromatic heterocycles. The lowest BCUT2D eigenvalue weighted by Gasteiger charge is -2.06. The number of ketones is 1. The highest BCUT2D eigenvalue weighted by molar-refractivity contribution is 9.10. The topological polar surface area (TPSA) is 37.3 Å². The van der Waals surface area contributed by atoms with E-state index in [4.69, 9.17) is 0 Å². The van der Waals surface area contributed by atoms with Crippen molar-refractivity contribution in [3.8, 4) is 5.75 Å². The van der Waals surface area contributed by atoms with Crippen molar-refractivity contribution in [2.75, 3.05) is 0 Å². The predicted molar refractivity (Wildman–Crippen MR) is 50.8 cm³/mol. The number of phenols is 1. The van der Waals surface area contributed by atoms with Crippen LogP contribution < -0.4 is 0 Å². The molecule has 1 rings (SSSR count). The highest BCUT2D eigenvalue weighted by Gasteiger charge is 2.16. The maximum absolute atomic E-state index is 12.3. The van der Waals surface area contributed by atoms with Crippen LogP contribution in [0.15, 0.2) is 16.6 Å². The molecule has 0 amide bonds. The van der Waals surface area contributed by atoms with Crippen LogP contribution in [0.1, 0.15) is 29.3 Å². The molecule has 0 aliphatic rings. The van der Waals surface area contributed by atoms with Crippen molar-refractivity contribution in [3.05, 3.63) is 27.7 Å². The molecule has 0 aliphatic heterocycles. The fourth-order valence-electron chi connectivity index (χ4n) is 1.01. The van der Waals surface area contributed by atoms with E-state index in [1.807, 2.05) is 0 Å². The van der Waals surface area contributed by atoms with E-state index < -0.39 is 12.2 Å². The Labute approximate surface area is 87.7 Å². The van der Waals surface area contributed by atoms with E-state index in [-0.39, 0.29) is 21.3 Å². The minimum absolute atomic E-state index is 0.0977. The van der Waals surface area contributed by atoms with Crippen LogP contribution >= 0.6 is 15.9 Å². The van der Waals surface area contributed by atoms with Crippen LogP contribution in [0.3, 0.4) is 0 Å². The number of alkyl halides is 2. The smallest absolute Gasteiger partial charge is 0.263 e. The summed E-state index contributed by atoms with van der Waals surface area (Å²) in [5.41, 5.74) is -0.394. The number of carbonyl (C=O) groups is 1. The zero-order chi connectivity index (χ0) is 10.9. The van der Waals surface area contributed by atoms with Crippen molar-refractivity contribution < 1.29 is 18.7 Å². The monoisotopic (exact) mass is 264 g/mol. The highest BCUT2D eigenvalue weighted by atomic mass is 79.9. The van der Waals surface area contributed by atoms with Crippen molar-refractivity contribution in [3.63, 3.8) is 0 Å². The Balaban J connectivity index is 3.35. The van der Waals surface area contributed by atoms with E-state index in [2.05, 4.69) is 15.9 Å². The van der Waals surface area contributed by atoms with Crippen LogP contribution in [0, 0.1) is 0 Å². The molecule has 0 heterocycles. The van der Waals surface area contributed by atoms with E-state index in [0.29, 0.717) is 0 Å². The summed E-state index contributed by atoms with van der Waals surface area (Å²) in [6.45, 7) is 1.21. The number of benzene rings is 1. The van der Waals surface area contributed by atoms with E-state index in [1.54, 1.807) is 0 Å². The van der Waals surface area contributed by atoms with Gasteiger partial charge in [-0.05, 0) is 35.0 Å². The van der Waals surface area contributed by atoms with Crippen LogP contribution in [0.4, 0.5) is 8.78 Å². The number of aromatic hydroxyl groups is 1. The number of rotatable bonds is 2. The van der Waals surface area contributed by atoms with Crippen LogP contribution in [0.5, 0.6) is 5.75 Å². The van der Waals surface area contributed by atoms with Crippen molar-refractivity contribution >= 4 is 21.7 Å². The number of halogens is 3. The summed E-state index contributed by atoms with van der Waals surface area (Å²) >= 11 is 2.90. The molecule has 2 nitrogen and oxygen atoms in total. The molecule has 76 valence electrons. The molecule has 0 fully saturated rings. The van der Waals surface area contributed by atoms with E-state index in [1.165, 1.54) is 6.92 Å². The second-order valence-electron chi connectivity index (χ2n) is 2.76. The number of carbonyl (C=O) groups excluding carboxylic acids is 1. The normalized spacial score (nSPS) is 10.6. The lowest BCUT2D eigenvalue weighted by Crippen LogP contribution is -1.96. The van der Waals surface area contributed by atoms with Gasteiger partial charge in [0.25, 0.3) is 6.43 Å². The van der Waals surface area contributed by atoms with Gasteiger partial charge in [-0.2, -0.15) is 0 Å². The summed E-state index contributed by atoms with van der Waals surface area (Å²) in [5, 5.41) is 9.36. The molecule has 14 heavy (non-hydrogen) atoms. The molecule has 1 aromatic rings.